The molecule has 0 amide bonds. The van der Waals surface area contributed by atoms with Crippen molar-refractivity contribution in [1.82, 2.24) is 4.90 Å². The van der Waals surface area contributed by atoms with Crippen LogP contribution in [0.2, 0.25) is 0 Å². The van der Waals surface area contributed by atoms with Gasteiger partial charge in [-0.2, -0.15) is 0 Å². The molecular formula is C13H21NO2. The van der Waals surface area contributed by atoms with Crippen molar-refractivity contribution in [3.63, 3.8) is 0 Å². The number of aliphatic hydroxyl groups is 1. The fourth-order valence-corrected chi connectivity index (χ4v) is 1.74. The monoisotopic (exact) mass is 223 g/mol. The van der Waals surface area contributed by atoms with E-state index < -0.39 is 5.60 Å². The molecule has 1 aromatic rings. The van der Waals surface area contributed by atoms with E-state index in [0.29, 0.717) is 13.2 Å². The van der Waals surface area contributed by atoms with Crippen molar-refractivity contribution in [2.45, 2.75) is 12.5 Å². The van der Waals surface area contributed by atoms with Gasteiger partial charge in [0, 0.05) is 20.2 Å². The van der Waals surface area contributed by atoms with Gasteiger partial charge >= 0.3 is 0 Å². The van der Waals surface area contributed by atoms with E-state index >= 15 is 0 Å². The molecule has 0 aromatic heterocycles. The summed E-state index contributed by atoms with van der Waals surface area (Å²) in [5.74, 6) is 0. The first-order valence-electron chi connectivity index (χ1n) is 5.51. The van der Waals surface area contributed by atoms with Crippen molar-refractivity contribution in [3.8, 4) is 0 Å². The number of methoxy groups -OCH3 is 1. The molecule has 0 aliphatic rings. The second-order valence-corrected chi connectivity index (χ2v) is 4.37. The quantitative estimate of drug-likeness (QED) is 0.792. The summed E-state index contributed by atoms with van der Waals surface area (Å²) in [5, 5.41) is 10.4. The third-order valence-corrected chi connectivity index (χ3v) is 2.65. The van der Waals surface area contributed by atoms with Gasteiger partial charge in [0.05, 0.1) is 12.2 Å². The fraction of sp³-hybridized carbons (Fsp3) is 0.538. The molecular weight excluding hydrogens is 202 g/mol. The van der Waals surface area contributed by atoms with Gasteiger partial charge in [0.1, 0.15) is 0 Å². The van der Waals surface area contributed by atoms with Crippen LogP contribution < -0.4 is 0 Å². The lowest BCUT2D eigenvalue weighted by Gasteiger charge is -2.29. The van der Waals surface area contributed by atoms with Crippen molar-refractivity contribution in [2.24, 2.45) is 0 Å². The maximum Gasteiger partial charge on any atom is 0.0994 e. The topological polar surface area (TPSA) is 32.7 Å². The van der Waals surface area contributed by atoms with E-state index in [4.69, 9.17) is 4.74 Å². The third kappa shape index (κ3) is 3.93. The Kier molecular flexibility index (Phi) is 4.93. The molecule has 1 aromatic carbocycles. The maximum atomic E-state index is 10.4. The number of nitrogens with zero attached hydrogens (tertiary/aromatic N) is 1. The minimum Gasteiger partial charge on any atom is -0.384 e. The molecule has 90 valence electrons. The Bertz CT molecular complexity index is 298. The zero-order valence-electron chi connectivity index (χ0n) is 10.3. The minimum absolute atomic E-state index is 0.598. The van der Waals surface area contributed by atoms with Gasteiger partial charge in [-0.1, -0.05) is 30.3 Å². The van der Waals surface area contributed by atoms with Gasteiger partial charge < -0.3 is 14.7 Å². The molecule has 0 bridgehead atoms. The van der Waals surface area contributed by atoms with Gasteiger partial charge in [-0.3, -0.25) is 0 Å². The molecule has 0 radical (unpaired) electrons. The molecule has 0 saturated carbocycles. The summed E-state index contributed by atoms with van der Waals surface area (Å²) in [7, 11) is 3.67. The number of hydrogen-bond acceptors (Lipinski definition) is 3. The Balaban J connectivity index is 2.58. The lowest BCUT2D eigenvalue weighted by Crippen LogP contribution is -2.38. The first-order chi connectivity index (χ1) is 7.56. The summed E-state index contributed by atoms with van der Waals surface area (Å²) in [5.41, 5.74) is 0.128. The minimum atomic E-state index is -0.816. The van der Waals surface area contributed by atoms with Gasteiger partial charge in [0.25, 0.3) is 0 Å². The highest BCUT2D eigenvalue weighted by Gasteiger charge is 2.24. The molecule has 16 heavy (non-hydrogen) atoms. The molecule has 0 saturated heterocycles. The lowest BCUT2D eigenvalue weighted by molar-refractivity contribution is 0.0174. The smallest absolute Gasteiger partial charge is 0.0994 e. The normalized spacial score (nSPS) is 15.1. The molecule has 0 fully saturated rings. The van der Waals surface area contributed by atoms with Crippen LogP contribution in [0.15, 0.2) is 30.3 Å². The number of benzene rings is 1. The number of hydrogen-bond donors (Lipinski definition) is 1. The van der Waals surface area contributed by atoms with Crippen molar-refractivity contribution in [2.75, 3.05) is 33.9 Å². The highest BCUT2D eigenvalue weighted by atomic mass is 16.5. The summed E-state index contributed by atoms with van der Waals surface area (Å²) < 4.78 is 5.01. The van der Waals surface area contributed by atoms with Crippen molar-refractivity contribution >= 4 is 0 Å². The van der Waals surface area contributed by atoms with Gasteiger partial charge in [-0.05, 0) is 19.5 Å². The molecule has 0 aliphatic heterocycles. The first kappa shape index (κ1) is 13.2. The second-order valence-electron chi connectivity index (χ2n) is 4.37. The molecule has 0 aliphatic carbocycles. The Morgan fingerprint density at radius 3 is 2.50 bits per heavy atom. The Morgan fingerprint density at radius 2 is 1.94 bits per heavy atom. The predicted octanol–water partition coefficient (Wildman–Crippen LogP) is 1.47. The van der Waals surface area contributed by atoms with Gasteiger partial charge in [-0.25, -0.2) is 0 Å². The lowest BCUT2D eigenvalue weighted by atomic mass is 9.95. The number of rotatable bonds is 6. The average molecular weight is 223 g/mol. The van der Waals surface area contributed by atoms with Crippen LogP contribution in [0, 0.1) is 0 Å². The molecule has 1 rings (SSSR count). The SMILES string of the molecule is COCCN(C)CC(C)(O)c1ccccc1. The van der Waals surface area contributed by atoms with Gasteiger partial charge in [0.2, 0.25) is 0 Å². The highest BCUT2D eigenvalue weighted by molar-refractivity contribution is 5.21. The van der Waals surface area contributed by atoms with E-state index in [0.717, 1.165) is 12.1 Å². The largest absolute Gasteiger partial charge is 0.384 e. The Labute approximate surface area is 97.7 Å². The number of ether oxygens (including phenoxy) is 1. The van der Waals surface area contributed by atoms with Crippen LogP contribution in [-0.2, 0) is 10.3 Å². The molecule has 1 N–H and O–H groups in total. The van der Waals surface area contributed by atoms with Crippen LogP contribution in [0.5, 0.6) is 0 Å². The van der Waals surface area contributed by atoms with E-state index in [1.165, 1.54) is 0 Å². The first-order valence-corrected chi connectivity index (χ1v) is 5.51. The summed E-state index contributed by atoms with van der Waals surface area (Å²) in [6, 6.07) is 9.74. The zero-order valence-corrected chi connectivity index (χ0v) is 10.3. The van der Waals surface area contributed by atoms with E-state index in [1.54, 1.807) is 7.11 Å². The highest BCUT2D eigenvalue weighted by Crippen LogP contribution is 2.20. The predicted molar refractivity (Wildman–Crippen MR) is 65.4 cm³/mol. The van der Waals surface area contributed by atoms with Crippen molar-refractivity contribution < 1.29 is 9.84 Å². The van der Waals surface area contributed by atoms with Gasteiger partial charge in [0.15, 0.2) is 0 Å². The van der Waals surface area contributed by atoms with Crippen LogP contribution in [0.3, 0.4) is 0 Å². The summed E-state index contributed by atoms with van der Waals surface area (Å²) in [6.45, 7) is 3.94. The fourth-order valence-electron chi connectivity index (χ4n) is 1.74. The van der Waals surface area contributed by atoms with E-state index in [1.807, 2.05) is 44.3 Å². The van der Waals surface area contributed by atoms with Crippen LogP contribution in [0.25, 0.3) is 0 Å². The molecule has 1 unspecified atom stereocenters. The number of likely N-dealkylation sites (N-methyl/N-ethyl adjacent to an activating group) is 1. The van der Waals surface area contributed by atoms with Crippen LogP contribution in [0.4, 0.5) is 0 Å². The molecule has 3 nitrogen and oxygen atoms in total. The standard InChI is InChI=1S/C13H21NO2/c1-13(15,11-14(2)9-10-16-3)12-7-5-4-6-8-12/h4-8,15H,9-11H2,1-3H3. The van der Waals surface area contributed by atoms with E-state index in [2.05, 4.69) is 4.90 Å². The summed E-state index contributed by atoms with van der Waals surface area (Å²) >= 11 is 0. The van der Waals surface area contributed by atoms with E-state index in [-0.39, 0.29) is 0 Å². The van der Waals surface area contributed by atoms with Crippen LogP contribution >= 0.6 is 0 Å². The maximum absolute atomic E-state index is 10.4. The summed E-state index contributed by atoms with van der Waals surface area (Å²) in [4.78, 5) is 2.07. The molecule has 0 heterocycles. The van der Waals surface area contributed by atoms with Crippen molar-refractivity contribution in [1.29, 1.82) is 0 Å². The van der Waals surface area contributed by atoms with Crippen LogP contribution in [-0.4, -0.2) is 43.9 Å². The Morgan fingerprint density at radius 1 is 1.31 bits per heavy atom. The molecule has 1 atom stereocenters. The van der Waals surface area contributed by atoms with E-state index in [9.17, 15) is 5.11 Å². The molecule has 3 heteroatoms. The van der Waals surface area contributed by atoms with Crippen molar-refractivity contribution in [3.05, 3.63) is 35.9 Å². The second kappa shape index (κ2) is 5.99. The summed E-state index contributed by atoms with van der Waals surface area (Å²) in [6.07, 6.45) is 0. The van der Waals surface area contributed by atoms with Gasteiger partial charge in [-0.15, -0.1) is 0 Å². The average Bonchev–Trinajstić information content (AvgIpc) is 2.27. The molecule has 0 spiro atoms. The Hall–Kier alpha value is -0.900. The van der Waals surface area contributed by atoms with Crippen LogP contribution in [0.1, 0.15) is 12.5 Å². The zero-order chi connectivity index (χ0) is 12.0. The third-order valence-electron chi connectivity index (χ3n) is 2.65.